The van der Waals surface area contributed by atoms with Gasteiger partial charge in [-0.1, -0.05) is 12.1 Å². The van der Waals surface area contributed by atoms with Crippen LogP contribution in [0.2, 0.25) is 0 Å². The minimum atomic E-state index is 0.0222. The molecule has 3 heterocycles. The van der Waals surface area contributed by atoms with Gasteiger partial charge >= 0.3 is 0 Å². The minimum absolute atomic E-state index is 0.0222. The lowest BCUT2D eigenvalue weighted by Crippen LogP contribution is -2.37. The quantitative estimate of drug-likeness (QED) is 0.664. The molecule has 3 aromatic rings. The zero-order chi connectivity index (χ0) is 19.0. The maximum Gasteiger partial charge on any atom is 0.236 e. The number of fused-ring (bicyclic) bond motifs is 1. The Bertz CT molecular complexity index is 976. The summed E-state index contributed by atoms with van der Waals surface area (Å²) in [6, 6.07) is 7.93. The molecule has 5 nitrogen and oxygen atoms in total. The van der Waals surface area contributed by atoms with Crippen molar-refractivity contribution in [2.75, 3.05) is 18.6 Å². The van der Waals surface area contributed by atoms with Crippen molar-refractivity contribution in [2.45, 2.75) is 33.1 Å². The molecule has 0 spiro atoms. The summed E-state index contributed by atoms with van der Waals surface area (Å²) in [5.41, 5.74) is 4.00. The number of rotatable bonds is 4. The van der Waals surface area contributed by atoms with Gasteiger partial charge in [0.05, 0.1) is 29.8 Å². The van der Waals surface area contributed by atoms with E-state index in [9.17, 15) is 4.79 Å². The molecule has 1 aliphatic heterocycles. The van der Waals surface area contributed by atoms with E-state index in [4.69, 9.17) is 9.15 Å². The third kappa shape index (κ3) is 3.25. The highest BCUT2D eigenvalue weighted by Crippen LogP contribution is 2.38. The average Bonchev–Trinajstić information content (AvgIpc) is 3.32. The van der Waals surface area contributed by atoms with Crippen molar-refractivity contribution in [3.63, 3.8) is 0 Å². The lowest BCUT2D eigenvalue weighted by Gasteiger charge is -2.32. The van der Waals surface area contributed by atoms with Crippen LogP contribution in [-0.4, -0.2) is 24.5 Å². The van der Waals surface area contributed by atoms with E-state index in [1.54, 1.807) is 18.4 Å². The summed E-state index contributed by atoms with van der Waals surface area (Å²) < 4.78 is 11.3. The van der Waals surface area contributed by atoms with Gasteiger partial charge in [-0.2, -0.15) is 0 Å². The summed E-state index contributed by atoms with van der Waals surface area (Å²) in [5.74, 6) is 2.05. The van der Waals surface area contributed by atoms with E-state index in [0.29, 0.717) is 23.9 Å². The lowest BCUT2D eigenvalue weighted by atomic mass is 9.96. The van der Waals surface area contributed by atoms with Gasteiger partial charge in [0.25, 0.3) is 0 Å². The largest absolute Gasteiger partial charge is 0.495 e. The Morgan fingerprint density at radius 3 is 2.93 bits per heavy atom. The summed E-state index contributed by atoms with van der Waals surface area (Å²) >= 11 is 1.57. The van der Waals surface area contributed by atoms with Crippen molar-refractivity contribution in [3.8, 4) is 16.5 Å². The van der Waals surface area contributed by atoms with E-state index >= 15 is 0 Å². The number of nitrogens with zero attached hydrogens (tertiary/aromatic N) is 2. The number of methoxy groups -OCH3 is 1. The number of benzene rings is 1. The zero-order valence-electron chi connectivity index (χ0n) is 15.7. The number of ether oxygens (including phenoxy) is 1. The standard InChI is InChI=1S/C21H22N2O3S/c1-13-8-9-17(25-3)20-15(13)6-4-10-23(20)19(24)12-16-14(2)26-21(22-16)18-7-5-11-27-18/h5,7-9,11H,4,6,10,12H2,1-3H3. The molecule has 0 atom stereocenters. The second-order valence-corrected chi connectivity index (χ2v) is 7.68. The maximum absolute atomic E-state index is 13.1. The highest BCUT2D eigenvalue weighted by atomic mass is 32.1. The summed E-state index contributed by atoms with van der Waals surface area (Å²) in [4.78, 5) is 20.5. The molecule has 27 heavy (non-hydrogen) atoms. The maximum atomic E-state index is 13.1. The summed E-state index contributed by atoms with van der Waals surface area (Å²) in [6.45, 7) is 4.64. The first-order valence-electron chi connectivity index (χ1n) is 9.05. The Morgan fingerprint density at radius 2 is 2.19 bits per heavy atom. The van der Waals surface area contributed by atoms with Crippen molar-refractivity contribution in [2.24, 2.45) is 0 Å². The predicted molar refractivity (Wildman–Crippen MR) is 107 cm³/mol. The third-order valence-electron chi connectivity index (χ3n) is 5.02. The molecule has 0 unspecified atom stereocenters. The van der Waals surface area contributed by atoms with Crippen LogP contribution in [0.3, 0.4) is 0 Å². The first-order valence-corrected chi connectivity index (χ1v) is 9.93. The molecule has 0 bridgehead atoms. The third-order valence-corrected chi connectivity index (χ3v) is 5.88. The molecule has 0 saturated heterocycles. The molecule has 6 heteroatoms. The molecular weight excluding hydrogens is 360 g/mol. The van der Waals surface area contributed by atoms with E-state index in [1.807, 2.05) is 35.4 Å². The van der Waals surface area contributed by atoms with Crippen molar-refractivity contribution in [1.82, 2.24) is 4.98 Å². The first kappa shape index (κ1) is 17.8. The van der Waals surface area contributed by atoms with E-state index in [-0.39, 0.29) is 12.3 Å². The number of hydrogen-bond donors (Lipinski definition) is 0. The zero-order valence-corrected chi connectivity index (χ0v) is 16.6. The number of aryl methyl sites for hydroxylation is 2. The molecule has 0 aliphatic carbocycles. The van der Waals surface area contributed by atoms with E-state index < -0.39 is 0 Å². The number of carbonyl (C=O) groups excluding carboxylic acids is 1. The smallest absolute Gasteiger partial charge is 0.236 e. The molecule has 1 aliphatic rings. The van der Waals surface area contributed by atoms with Crippen LogP contribution in [0.25, 0.3) is 10.8 Å². The summed E-state index contributed by atoms with van der Waals surface area (Å²) in [7, 11) is 1.65. The molecule has 2 aromatic heterocycles. The molecule has 4 rings (SSSR count). The van der Waals surface area contributed by atoms with Gasteiger partial charge in [-0.15, -0.1) is 11.3 Å². The first-order chi connectivity index (χ1) is 13.1. The van der Waals surface area contributed by atoms with Gasteiger partial charge in [0, 0.05) is 6.54 Å². The Labute approximate surface area is 162 Å². The van der Waals surface area contributed by atoms with Crippen LogP contribution in [-0.2, 0) is 17.6 Å². The van der Waals surface area contributed by atoms with Crippen LogP contribution >= 0.6 is 11.3 Å². The summed E-state index contributed by atoms with van der Waals surface area (Å²) in [5, 5.41) is 1.99. The number of oxazole rings is 1. The number of anilines is 1. The van der Waals surface area contributed by atoms with Crippen LogP contribution in [0.1, 0.15) is 29.0 Å². The van der Waals surface area contributed by atoms with Crippen molar-refractivity contribution in [3.05, 3.63) is 52.2 Å². The summed E-state index contributed by atoms with van der Waals surface area (Å²) in [6.07, 6.45) is 2.13. The lowest BCUT2D eigenvalue weighted by molar-refractivity contribution is -0.118. The SMILES string of the molecule is COc1ccc(C)c2c1N(C(=O)Cc1nc(-c3cccs3)oc1C)CCC2. The van der Waals surface area contributed by atoms with Gasteiger partial charge in [0.2, 0.25) is 11.8 Å². The molecule has 0 saturated carbocycles. The van der Waals surface area contributed by atoms with Crippen molar-refractivity contribution >= 4 is 22.9 Å². The van der Waals surface area contributed by atoms with Gasteiger partial charge in [-0.3, -0.25) is 4.79 Å². The van der Waals surface area contributed by atoms with Gasteiger partial charge in [-0.05, 0) is 55.3 Å². The molecular formula is C21H22N2O3S. The molecule has 0 N–H and O–H groups in total. The van der Waals surface area contributed by atoms with E-state index in [0.717, 1.165) is 29.2 Å². The average molecular weight is 382 g/mol. The highest BCUT2D eigenvalue weighted by molar-refractivity contribution is 7.13. The molecule has 0 fully saturated rings. The second-order valence-electron chi connectivity index (χ2n) is 6.74. The fraction of sp³-hybridized carbons (Fsp3) is 0.333. The predicted octanol–water partition coefficient (Wildman–Crippen LogP) is 4.55. The van der Waals surface area contributed by atoms with Crippen LogP contribution in [0, 0.1) is 13.8 Å². The van der Waals surface area contributed by atoms with E-state index in [2.05, 4.69) is 18.0 Å². The number of amides is 1. The van der Waals surface area contributed by atoms with Crippen LogP contribution in [0.15, 0.2) is 34.1 Å². The normalized spacial score (nSPS) is 13.5. The topological polar surface area (TPSA) is 55.6 Å². The fourth-order valence-electron chi connectivity index (χ4n) is 3.60. The Kier molecular flexibility index (Phi) is 4.74. The molecule has 0 radical (unpaired) electrons. The van der Waals surface area contributed by atoms with Crippen LogP contribution < -0.4 is 9.64 Å². The van der Waals surface area contributed by atoms with Gasteiger partial charge in [0.15, 0.2) is 0 Å². The van der Waals surface area contributed by atoms with E-state index in [1.165, 1.54) is 11.1 Å². The molecule has 1 aromatic carbocycles. The molecule has 140 valence electrons. The minimum Gasteiger partial charge on any atom is -0.495 e. The number of hydrogen-bond acceptors (Lipinski definition) is 5. The number of thiophene rings is 1. The van der Waals surface area contributed by atoms with Crippen LogP contribution in [0.4, 0.5) is 5.69 Å². The fourth-order valence-corrected chi connectivity index (χ4v) is 4.25. The van der Waals surface area contributed by atoms with Crippen LogP contribution in [0.5, 0.6) is 5.75 Å². The monoisotopic (exact) mass is 382 g/mol. The Hall–Kier alpha value is -2.60. The van der Waals surface area contributed by atoms with Gasteiger partial charge in [0.1, 0.15) is 11.5 Å². The van der Waals surface area contributed by atoms with Crippen molar-refractivity contribution in [1.29, 1.82) is 0 Å². The Balaban J connectivity index is 1.63. The van der Waals surface area contributed by atoms with Gasteiger partial charge < -0.3 is 14.1 Å². The molecule has 1 amide bonds. The number of aromatic nitrogens is 1. The van der Waals surface area contributed by atoms with Crippen molar-refractivity contribution < 1.29 is 13.9 Å². The second kappa shape index (κ2) is 7.19. The number of carbonyl (C=O) groups is 1. The van der Waals surface area contributed by atoms with Gasteiger partial charge in [-0.25, -0.2) is 4.98 Å². The highest BCUT2D eigenvalue weighted by Gasteiger charge is 2.28. The Morgan fingerprint density at radius 1 is 1.33 bits per heavy atom.